The van der Waals surface area contributed by atoms with Crippen molar-refractivity contribution in [3.8, 4) is 11.3 Å². The first kappa shape index (κ1) is 15.8. The summed E-state index contributed by atoms with van der Waals surface area (Å²) in [7, 11) is 0. The Morgan fingerprint density at radius 2 is 1.58 bits per heavy atom. The Bertz CT molecular complexity index is 1110. The smallest absolute Gasteiger partial charge is 0.337 e. The van der Waals surface area contributed by atoms with Crippen LogP contribution in [0.4, 0.5) is 5.69 Å². The van der Waals surface area contributed by atoms with Gasteiger partial charge < -0.3 is 10.1 Å². The lowest BCUT2D eigenvalue weighted by atomic mass is 10.1. The highest BCUT2D eigenvalue weighted by Gasteiger charge is 2.12. The molecule has 26 heavy (non-hydrogen) atoms. The van der Waals surface area contributed by atoms with E-state index >= 15 is 0 Å². The molecule has 4 rings (SSSR count). The molecule has 0 aliphatic heterocycles. The van der Waals surface area contributed by atoms with Crippen molar-refractivity contribution in [1.29, 1.82) is 0 Å². The summed E-state index contributed by atoms with van der Waals surface area (Å²) in [6.07, 6.45) is 1.74. The third-order valence-electron chi connectivity index (χ3n) is 4.28. The first-order chi connectivity index (χ1) is 12.7. The second-order valence-corrected chi connectivity index (χ2v) is 5.91. The molecule has 2 N–H and O–H groups in total. The van der Waals surface area contributed by atoms with Crippen LogP contribution in [0.3, 0.4) is 0 Å². The topological polar surface area (TPSA) is 65.4 Å². The van der Waals surface area contributed by atoms with Gasteiger partial charge in [-0.05, 0) is 23.8 Å². The van der Waals surface area contributed by atoms with Crippen molar-refractivity contribution >= 4 is 28.8 Å². The van der Waals surface area contributed by atoms with E-state index in [4.69, 9.17) is 0 Å². The molecule has 0 radical (unpaired) electrons. The zero-order chi connectivity index (χ0) is 17.9. The van der Waals surface area contributed by atoms with Gasteiger partial charge >= 0.3 is 5.97 Å². The molecule has 0 atom stereocenters. The van der Waals surface area contributed by atoms with Gasteiger partial charge in [-0.2, -0.15) is 0 Å². The maximum atomic E-state index is 11.4. The van der Waals surface area contributed by atoms with E-state index in [-0.39, 0.29) is 5.56 Å². The van der Waals surface area contributed by atoms with Gasteiger partial charge in [0.1, 0.15) is 0 Å². The van der Waals surface area contributed by atoms with Crippen LogP contribution in [-0.2, 0) is 0 Å². The molecule has 0 unspecified atom stereocenters. The fraction of sp³-hybridized carbons (Fsp3) is 0. The number of rotatable bonds is 4. The molecule has 0 saturated carbocycles. The second kappa shape index (κ2) is 6.69. The summed E-state index contributed by atoms with van der Waals surface area (Å²) in [5.74, 6) is -0.986. The van der Waals surface area contributed by atoms with Crippen molar-refractivity contribution in [3.05, 3.63) is 90.0 Å². The van der Waals surface area contributed by atoms with Crippen molar-refractivity contribution in [1.82, 2.24) is 4.98 Å². The SMILES string of the molecule is O=C(O)c1ccccc1N=Cc1c(-c2ccccc2)[nH]c2ccccc12. The number of carboxylic acid groups (broad SMARTS) is 1. The van der Waals surface area contributed by atoms with Gasteiger partial charge in [0.15, 0.2) is 0 Å². The van der Waals surface area contributed by atoms with Gasteiger partial charge in [0, 0.05) is 22.7 Å². The largest absolute Gasteiger partial charge is 0.478 e. The first-order valence-electron chi connectivity index (χ1n) is 8.26. The molecule has 4 heteroatoms. The molecule has 3 aromatic carbocycles. The van der Waals surface area contributed by atoms with Gasteiger partial charge in [-0.25, -0.2) is 4.79 Å². The van der Waals surface area contributed by atoms with Gasteiger partial charge in [0.25, 0.3) is 0 Å². The van der Waals surface area contributed by atoms with Crippen LogP contribution in [0.25, 0.3) is 22.2 Å². The van der Waals surface area contributed by atoms with Crippen LogP contribution in [0.1, 0.15) is 15.9 Å². The number of nitrogens with zero attached hydrogens (tertiary/aromatic N) is 1. The minimum atomic E-state index is -0.986. The number of carbonyl (C=O) groups is 1. The fourth-order valence-corrected chi connectivity index (χ4v) is 3.03. The third-order valence-corrected chi connectivity index (χ3v) is 4.28. The Morgan fingerprint density at radius 3 is 2.38 bits per heavy atom. The molecular weight excluding hydrogens is 324 g/mol. The van der Waals surface area contributed by atoms with Crippen molar-refractivity contribution < 1.29 is 9.90 Å². The molecule has 0 fully saturated rings. The highest BCUT2D eigenvalue weighted by Crippen LogP contribution is 2.30. The normalized spacial score (nSPS) is 11.2. The summed E-state index contributed by atoms with van der Waals surface area (Å²) in [4.78, 5) is 19.3. The molecule has 4 nitrogen and oxygen atoms in total. The zero-order valence-electron chi connectivity index (χ0n) is 13.9. The number of fused-ring (bicyclic) bond motifs is 1. The number of nitrogens with one attached hydrogen (secondary N) is 1. The van der Waals surface area contributed by atoms with E-state index in [1.54, 1.807) is 30.5 Å². The minimum Gasteiger partial charge on any atom is -0.478 e. The van der Waals surface area contributed by atoms with Crippen LogP contribution < -0.4 is 0 Å². The van der Waals surface area contributed by atoms with Gasteiger partial charge in [-0.1, -0.05) is 60.7 Å². The average Bonchev–Trinajstić information content (AvgIpc) is 3.06. The van der Waals surface area contributed by atoms with Crippen molar-refractivity contribution in [2.75, 3.05) is 0 Å². The Hall–Kier alpha value is -3.66. The van der Waals surface area contributed by atoms with E-state index in [9.17, 15) is 9.90 Å². The van der Waals surface area contributed by atoms with E-state index in [0.29, 0.717) is 5.69 Å². The molecule has 0 aliphatic rings. The van der Waals surface area contributed by atoms with Crippen molar-refractivity contribution in [2.24, 2.45) is 4.99 Å². The average molecular weight is 340 g/mol. The summed E-state index contributed by atoms with van der Waals surface area (Å²) in [6.45, 7) is 0. The summed E-state index contributed by atoms with van der Waals surface area (Å²) in [6, 6.07) is 24.8. The summed E-state index contributed by atoms with van der Waals surface area (Å²) < 4.78 is 0. The Balaban J connectivity index is 1.88. The minimum absolute atomic E-state index is 0.185. The lowest BCUT2D eigenvalue weighted by Crippen LogP contribution is -1.96. The van der Waals surface area contributed by atoms with Gasteiger partial charge in [-0.15, -0.1) is 0 Å². The molecule has 0 amide bonds. The van der Waals surface area contributed by atoms with E-state index < -0.39 is 5.97 Å². The van der Waals surface area contributed by atoms with Crippen LogP contribution in [-0.4, -0.2) is 22.3 Å². The lowest BCUT2D eigenvalue weighted by molar-refractivity contribution is 0.0698. The Labute approximate surface area is 150 Å². The monoisotopic (exact) mass is 340 g/mol. The number of aliphatic imine (C=N–C) groups is 1. The standard InChI is InChI=1S/C22H16N2O2/c25-22(26)17-11-5-6-12-19(17)23-14-18-16-10-4-7-13-20(16)24-21(18)15-8-2-1-3-9-15/h1-14,24H,(H,25,26). The number of hydrogen-bond acceptors (Lipinski definition) is 2. The molecule has 0 spiro atoms. The molecule has 0 bridgehead atoms. The van der Waals surface area contributed by atoms with E-state index in [0.717, 1.165) is 27.7 Å². The number of aromatic nitrogens is 1. The molecule has 1 heterocycles. The van der Waals surface area contributed by atoms with Crippen LogP contribution in [0.15, 0.2) is 83.9 Å². The molecule has 126 valence electrons. The molecule has 0 aliphatic carbocycles. The number of carboxylic acids is 1. The third kappa shape index (κ3) is 2.89. The molecular formula is C22H16N2O2. The van der Waals surface area contributed by atoms with Gasteiger partial charge in [0.05, 0.1) is 16.9 Å². The number of hydrogen-bond donors (Lipinski definition) is 2. The van der Waals surface area contributed by atoms with Crippen LogP contribution in [0.5, 0.6) is 0 Å². The van der Waals surface area contributed by atoms with Crippen LogP contribution in [0, 0.1) is 0 Å². The number of benzene rings is 3. The Morgan fingerprint density at radius 1 is 0.885 bits per heavy atom. The highest BCUT2D eigenvalue weighted by molar-refractivity contribution is 6.07. The van der Waals surface area contributed by atoms with E-state index in [1.807, 2.05) is 54.6 Å². The maximum absolute atomic E-state index is 11.4. The number of aromatic carboxylic acids is 1. The second-order valence-electron chi connectivity index (χ2n) is 5.91. The summed E-state index contributed by atoms with van der Waals surface area (Å²) in [5, 5.41) is 10.4. The molecule has 1 aromatic heterocycles. The fourth-order valence-electron chi connectivity index (χ4n) is 3.03. The van der Waals surface area contributed by atoms with Crippen LogP contribution >= 0.6 is 0 Å². The predicted octanol–water partition coefficient (Wildman–Crippen LogP) is 5.28. The zero-order valence-corrected chi connectivity index (χ0v) is 13.9. The molecule has 0 saturated heterocycles. The lowest BCUT2D eigenvalue weighted by Gasteiger charge is -2.02. The highest BCUT2D eigenvalue weighted by atomic mass is 16.4. The summed E-state index contributed by atoms with van der Waals surface area (Å²) in [5.41, 5.74) is 4.58. The van der Waals surface area contributed by atoms with Gasteiger partial charge in [0.2, 0.25) is 0 Å². The molecule has 4 aromatic rings. The van der Waals surface area contributed by atoms with E-state index in [2.05, 4.69) is 9.98 Å². The number of H-pyrrole nitrogens is 1. The number of para-hydroxylation sites is 2. The first-order valence-corrected chi connectivity index (χ1v) is 8.26. The van der Waals surface area contributed by atoms with Crippen molar-refractivity contribution in [2.45, 2.75) is 0 Å². The van der Waals surface area contributed by atoms with Gasteiger partial charge in [-0.3, -0.25) is 4.99 Å². The predicted molar refractivity (Wildman–Crippen MR) is 104 cm³/mol. The van der Waals surface area contributed by atoms with Crippen LogP contribution in [0.2, 0.25) is 0 Å². The van der Waals surface area contributed by atoms with Crippen molar-refractivity contribution in [3.63, 3.8) is 0 Å². The quantitative estimate of drug-likeness (QED) is 0.496. The Kier molecular flexibility index (Phi) is 4.07. The number of aromatic amines is 1. The summed E-state index contributed by atoms with van der Waals surface area (Å²) >= 11 is 0. The van der Waals surface area contributed by atoms with E-state index in [1.165, 1.54) is 0 Å². The maximum Gasteiger partial charge on any atom is 0.337 e.